The predicted molar refractivity (Wildman–Crippen MR) is 101 cm³/mol. The summed E-state index contributed by atoms with van der Waals surface area (Å²) < 4.78 is 53.3. The Kier molecular flexibility index (Phi) is 6.53. The lowest BCUT2D eigenvalue weighted by atomic mass is 10.1. The Hall–Kier alpha value is -3.89. The number of alkyl halides is 3. The van der Waals surface area contributed by atoms with E-state index < -0.39 is 23.8 Å². The summed E-state index contributed by atoms with van der Waals surface area (Å²) >= 11 is 0. The van der Waals surface area contributed by atoms with Crippen LogP contribution in [0.5, 0.6) is 0 Å². The first-order chi connectivity index (χ1) is 14.8. The molecule has 1 N–H and O–H groups in total. The molecule has 0 aliphatic carbocycles. The van der Waals surface area contributed by atoms with E-state index in [2.05, 4.69) is 15.5 Å². The van der Waals surface area contributed by atoms with Crippen LogP contribution in [0.1, 0.15) is 28.7 Å². The highest BCUT2D eigenvalue weighted by Crippen LogP contribution is 2.31. The van der Waals surface area contributed by atoms with Gasteiger partial charge in [0.1, 0.15) is 0 Å². The Morgan fingerprint density at radius 2 is 1.87 bits per heavy atom. The summed E-state index contributed by atoms with van der Waals surface area (Å²) in [6, 6.07) is 10.4. The second-order valence-electron chi connectivity index (χ2n) is 6.09. The van der Waals surface area contributed by atoms with Crippen LogP contribution >= 0.6 is 0 Å². The number of aromatic nitrogens is 2. The first-order valence-electron chi connectivity index (χ1n) is 8.97. The molecule has 3 rings (SSSR count). The average Bonchev–Trinajstić information content (AvgIpc) is 3.21. The van der Waals surface area contributed by atoms with Gasteiger partial charge >= 0.3 is 18.2 Å². The van der Waals surface area contributed by atoms with Gasteiger partial charge in [-0.2, -0.15) is 18.2 Å². The normalized spacial score (nSPS) is 11.1. The van der Waals surface area contributed by atoms with E-state index >= 15 is 0 Å². The quantitative estimate of drug-likeness (QED) is 0.561. The standard InChI is InChI=1S/C20H16F3N3O5/c1-2-29-19(28)24-15-8-4-6-13(10-15)18(27)30-11-16-25-17(26-31-16)12-5-3-7-14(9-12)20(21,22)23/h3-10H,2,11H2,1H3,(H,24,28). The third kappa shape index (κ3) is 5.81. The molecular weight excluding hydrogens is 419 g/mol. The maximum atomic E-state index is 12.8. The summed E-state index contributed by atoms with van der Waals surface area (Å²) in [5, 5.41) is 6.08. The molecule has 1 heterocycles. The molecule has 11 heteroatoms. The van der Waals surface area contributed by atoms with Gasteiger partial charge in [-0.15, -0.1) is 0 Å². The van der Waals surface area contributed by atoms with Crippen LogP contribution in [0.3, 0.4) is 0 Å². The topological polar surface area (TPSA) is 104 Å². The molecule has 8 nitrogen and oxygen atoms in total. The second kappa shape index (κ2) is 9.28. The molecular formula is C20H16F3N3O5. The van der Waals surface area contributed by atoms with Crippen molar-refractivity contribution in [3.63, 3.8) is 0 Å². The summed E-state index contributed by atoms with van der Waals surface area (Å²) in [5.41, 5.74) is -0.266. The zero-order valence-corrected chi connectivity index (χ0v) is 16.1. The Morgan fingerprint density at radius 1 is 1.10 bits per heavy atom. The minimum Gasteiger partial charge on any atom is -0.452 e. The van der Waals surface area contributed by atoms with Gasteiger partial charge in [0.2, 0.25) is 5.82 Å². The number of halogens is 3. The molecule has 0 radical (unpaired) electrons. The van der Waals surface area contributed by atoms with Crippen LogP contribution in [0.25, 0.3) is 11.4 Å². The number of carbonyl (C=O) groups is 2. The summed E-state index contributed by atoms with van der Waals surface area (Å²) in [7, 11) is 0. The van der Waals surface area contributed by atoms with Gasteiger partial charge in [0, 0.05) is 11.3 Å². The monoisotopic (exact) mass is 435 g/mol. The van der Waals surface area contributed by atoms with Gasteiger partial charge < -0.3 is 14.0 Å². The number of benzene rings is 2. The van der Waals surface area contributed by atoms with Gasteiger partial charge in [-0.05, 0) is 37.3 Å². The highest BCUT2D eigenvalue weighted by atomic mass is 19.4. The molecule has 0 atom stereocenters. The number of amides is 1. The number of nitrogens with one attached hydrogen (secondary N) is 1. The van der Waals surface area contributed by atoms with Crippen LogP contribution in [-0.4, -0.2) is 28.8 Å². The minimum atomic E-state index is -4.51. The van der Waals surface area contributed by atoms with Crippen molar-refractivity contribution < 1.29 is 36.8 Å². The van der Waals surface area contributed by atoms with Gasteiger partial charge in [0.15, 0.2) is 6.61 Å². The van der Waals surface area contributed by atoms with E-state index in [1.165, 1.54) is 30.3 Å². The Morgan fingerprint density at radius 3 is 2.61 bits per heavy atom. The molecule has 0 unspecified atom stereocenters. The van der Waals surface area contributed by atoms with Crippen LogP contribution in [0.15, 0.2) is 53.1 Å². The fourth-order valence-corrected chi connectivity index (χ4v) is 2.48. The minimum absolute atomic E-state index is 0.0715. The van der Waals surface area contributed by atoms with Crippen molar-refractivity contribution in [2.75, 3.05) is 11.9 Å². The van der Waals surface area contributed by atoms with Gasteiger partial charge in [-0.25, -0.2) is 9.59 Å². The molecule has 0 saturated carbocycles. The lowest BCUT2D eigenvalue weighted by Gasteiger charge is -2.07. The second-order valence-corrected chi connectivity index (χ2v) is 6.09. The zero-order valence-electron chi connectivity index (χ0n) is 16.1. The molecule has 0 fully saturated rings. The van der Waals surface area contributed by atoms with E-state index in [1.54, 1.807) is 13.0 Å². The lowest BCUT2D eigenvalue weighted by molar-refractivity contribution is -0.137. The number of nitrogens with zero attached hydrogens (tertiary/aromatic N) is 2. The molecule has 0 aliphatic heterocycles. The number of rotatable bonds is 6. The van der Waals surface area contributed by atoms with Crippen molar-refractivity contribution in [2.45, 2.75) is 19.7 Å². The molecule has 0 saturated heterocycles. The Balaban J connectivity index is 1.63. The summed E-state index contributed by atoms with van der Waals surface area (Å²) in [6.45, 7) is 1.46. The molecule has 0 bridgehead atoms. The van der Waals surface area contributed by atoms with Crippen molar-refractivity contribution >= 4 is 17.7 Å². The largest absolute Gasteiger partial charge is 0.452 e. The zero-order chi connectivity index (χ0) is 22.4. The fraction of sp³-hybridized carbons (Fsp3) is 0.200. The average molecular weight is 435 g/mol. The van der Waals surface area contributed by atoms with E-state index in [-0.39, 0.29) is 36.1 Å². The van der Waals surface area contributed by atoms with E-state index in [0.717, 1.165) is 12.1 Å². The maximum Gasteiger partial charge on any atom is 0.416 e. The molecule has 2 aromatic carbocycles. The molecule has 0 spiro atoms. The third-order valence-electron chi connectivity index (χ3n) is 3.86. The molecule has 31 heavy (non-hydrogen) atoms. The van der Waals surface area contributed by atoms with Crippen molar-refractivity contribution in [3.05, 3.63) is 65.5 Å². The summed E-state index contributed by atoms with van der Waals surface area (Å²) in [5.74, 6) is -0.898. The number of hydrogen-bond acceptors (Lipinski definition) is 7. The summed E-state index contributed by atoms with van der Waals surface area (Å²) in [4.78, 5) is 27.6. The molecule has 162 valence electrons. The Bertz CT molecular complexity index is 1080. The van der Waals surface area contributed by atoms with E-state index in [1.807, 2.05) is 0 Å². The first-order valence-corrected chi connectivity index (χ1v) is 8.97. The molecule has 3 aromatic rings. The van der Waals surface area contributed by atoms with Gasteiger partial charge in [0.25, 0.3) is 5.89 Å². The predicted octanol–water partition coefficient (Wildman–Crippen LogP) is 4.68. The SMILES string of the molecule is CCOC(=O)Nc1cccc(C(=O)OCc2nc(-c3cccc(C(F)(F)F)c3)no2)c1. The summed E-state index contributed by atoms with van der Waals surface area (Å²) in [6.07, 6.45) is -5.17. The van der Waals surface area contributed by atoms with Crippen LogP contribution in [-0.2, 0) is 22.3 Å². The highest BCUT2D eigenvalue weighted by molar-refractivity contribution is 5.92. The van der Waals surface area contributed by atoms with Crippen LogP contribution in [0, 0.1) is 0 Å². The molecule has 1 aromatic heterocycles. The van der Waals surface area contributed by atoms with Gasteiger partial charge in [0.05, 0.1) is 17.7 Å². The van der Waals surface area contributed by atoms with Crippen molar-refractivity contribution in [1.82, 2.24) is 10.1 Å². The van der Waals surface area contributed by atoms with Crippen molar-refractivity contribution in [2.24, 2.45) is 0 Å². The number of esters is 1. The Labute approximate surface area is 174 Å². The first kappa shape index (κ1) is 21.8. The molecule has 0 aliphatic rings. The number of anilines is 1. The fourth-order valence-electron chi connectivity index (χ4n) is 2.48. The number of ether oxygens (including phenoxy) is 2. The number of carbonyl (C=O) groups excluding carboxylic acids is 2. The third-order valence-corrected chi connectivity index (χ3v) is 3.86. The van der Waals surface area contributed by atoms with Crippen molar-refractivity contribution in [3.8, 4) is 11.4 Å². The van der Waals surface area contributed by atoms with Gasteiger partial charge in [-0.1, -0.05) is 23.4 Å². The maximum absolute atomic E-state index is 12.8. The van der Waals surface area contributed by atoms with Gasteiger partial charge in [-0.3, -0.25) is 5.32 Å². The van der Waals surface area contributed by atoms with E-state index in [0.29, 0.717) is 5.69 Å². The number of hydrogen-bond donors (Lipinski definition) is 1. The van der Waals surface area contributed by atoms with Crippen LogP contribution in [0.2, 0.25) is 0 Å². The lowest BCUT2D eigenvalue weighted by Crippen LogP contribution is -2.14. The smallest absolute Gasteiger partial charge is 0.416 e. The molecule has 1 amide bonds. The van der Waals surface area contributed by atoms with Crippen LogP contribution in [0.4, 0.5) is 23.7 Å². The van der Waals surface area contributed by atoms with E-state index in [4.69, 9.17) is 14.0 Å². The van der Waals surface area contributed by atoms with Crippen molar-refractivity contribution in [1.29, 1.82) is 0 Å². The van der Waals surface area contributed by atoms with Crippen LogP contribution < -0.4 is 5.32 Å². The van der Waals surface area contributed by atoms with E-state index in [9.17, 15) is 22.8 Å². The highest BCUT2D eigenvalue weighted by Gasteiger charge is 2.30.